The molecule has 0 unspecified atom stereocenters. The van der Waals surface area contributed by atoms with Crippen LogP contribution in [0, 0.1) is 5.82 Å². The Kier molecular flexibility index (Phi) is 5.03. The van der Waals surface area contributed by atoms with Crippen LogP contribution in [0.4, 0.5) is 10.1 Å². The second-order valence-corrected chi connectivity index (χ2v) is 7.60. The highest BCUT2D eigenvalue weighted by Gasteiger charge is 2.20. The first kappa shape index (κ1) is 18.1. The van der Waals surface area contributed by atoms with Crippen molar-refractivity contribution >= 4 is 27.5 Å². The molecular weight excluding hydrogens is 357 g/mol. The molecule has 0 bridgehead atoms. The van der Waals surface area contributed by atoms with Crippen LogP contribution in [0.15, 0.2) is 57.8 Å². The van der Waals surface area contributed by atoms with Crippen LogP contribution in [0.25, 0.3) is 0 Å². The first-order valence-corrected chi connectivity index (χ1v) is 9.51. The fourth-order valence-electron chi connectivity index (χ4n) is 2.62. The highest BCUT2D eigenvalue weighted by atomic mass is 32.2. The Labute approximate surface area is 151 Å². The summed E-state index contributed by atoms with van der Waals surface area (Å²) >= 11 is 0. The van der Waals surface area contributed by atoms with Gasteiger partial charge in [-0.15, -0.1) is 4.40 Å². The minimum Gasteiger partial charge on any atom is -0.362 e. The zero-order valence-corrected chi connectivity index (χ0v) is 15.0. The molecule has 1 heterocycles. The fourth-order valence-corrected chi connectivity index (χ4v) is 3.71. The van der Waals surface area contributed by atoms with Crippen molar-refractivity contribution in [1.29, 1.82) is 0 Å². The van der Waals surface area contributed by atoms with Gasteiger partial charge in [0.15, 0.2) is 0 Å². The number of nitrogens with one attached hydrogen (secondary N) is 1. The predicted octanol–water partition coefficient (Wildman–Crippen LogP) is 2.89. The van der Waals surface area contributed by atoms with Crippen LogP contribution in [-0.2, 0) is 10.0 Å². The normalized spacial score (nSPS) is 16.1. The molecule has 26 heavy (non-hydrogen) atoms. The number of carbonyl (C=O) groups is 1. The Hall–Kier alpha value is -2.74. The van der Waals surface area contributed by atoms with E-state index in [1.54, 1.807) is 0 Å². The summed E-state index contributed by atoms with van der Waals surface area (Å²) in [5, 5.41) is 2.64. The van der Waals surface area contributed by atoms with Crippen molar-refractivity contribution in [3.8, 4) is 0 Å². The van der Waals surface area contributed by atoms with Crippen LogP contribution >= 0.6 is 0 Å². The fraction of sp³-hybridized carbons (Fsp3) is 0.222. The van der Waals surface area contributed by atoms with Crippen molar-refractivity contribution in [1.82, 2.24) is 4.90 Å². The second kappa shape index (κ2) is 7.25. The van der Waals surface area contributed by atoms with Crippen molar-refractivity contribution in [2.75, 3.05) is 18.9 Å². The van der Waals surface area contributed by atoms with E-state index in [2.05, 4.69) is 9.71 Å². The van der Waals surface area contributed by atoms with Gasteiger partial charge in [-0.3, -0.25) is 4.79 Å². The smallest absolute Gasteiger partial charge is 0.283 e. The number of halogens is 1. The molecule has 1 fully saturated rings. The van der Waals surface area contributed by atoms with E-state index < -0.39 is 21.7 Å². The van der Waals surface area contributed by atoms with Crippen molar-refractivity contribution in [3.63, 3.8) is 0 Å². The predicted molar refractivity (Wildman–Crippen MR) is 97.3 cm³/mol. The van der Waals surface area contributed by atoms with Gasteiger partial charge in [0.05, 0.1) is 4.90 Å². The van der Waals surface area contributed by atoms with Crippen LogP contribution in [-0.4, -0.2) is 38.7 Å². The van der Waals surface area contributed by atoms with Gasteiger partial charge in [-0.05, 0) is 55.0 Å². The zero-order chi connectivity index (χ0) is 18.7. The minimum absolute atomic E-state index is 0.0603. The lowest BCUT2D eigenvalue weighted by Gasteiger charge is -2.11. The third kappa shape index (κ3) is 4.08. The quantitative estimate of drug-likeness (QED) is 0.891. The monoisotopic (exact) mass is 375 g/mol. The van der Waals surface area contributed by atoms with Crippen LogP contribution in [0.3, 0.4) is 0 Å². The van der Waals surface area contributed by atoms with E-state index >= 15 is 0 Å². The molecule has 1 aliphatic rings. The lowest BCUT2D eigenvalue weighted by Crippen LogP contribution is -2.20. The molecule has 1 amide bonds. The number of hydrogen-bond donors (Lipinski definition) is 1. The molecule has 2 aromatic rings. The van der Waals surface area contributed by atoms with Crippen molar-refractivity contribution in [2.45, 2.75) is 17.7 Å². The third-order valence-corrected chi connectivity index (χ3v) is 5.40. The maximum atomic E-state index is 12.9. The summed E-state index contributed by atoms with van der Waals surface area (Å²) in [5.41, 5.74) is 0.739. The van der Waals surface area contributed by atoms with Gasteiger partial charge in [-0.2, -0.15) is 8.42 Å². The lowest BCUT2D eigenvalue weighted by atomic mass is 10.2. The maximum Gasteiger partial charge on any atom is 0.283 e. The summed E-state index contributed by atoms with van der Waals surface area (Å²) in [7, 11) is -1.97. The molecule has 3 rings (SSSR count). The number of amides is 1. The molecule has 0 spiro atoms. The van der Waals surface area contributed by atoms with E-state index in [9.17, 15) is 17.6 Å². The second-order valence-electron chi connectivity index (χ2n) is 5.99. The molecule has 1 N–H and O–H groups in total. The average Bonchev–Trinajstić information content (AvgIpc) is 3.00. The molecule has 0 aromatic heterocycles. The van der Waals surface area contributed by atoms with E-state index in [1.807, 2.05) is 11.9 Å². The summed E-state index contributed by atoms with van der Waals surface area (Å²) in [6.45, 7) is 0.794. The van der Waals surface area contributed by atoms with Gasteiger partial charge in [0, 0.05) is 31.3 Å². The Morgan fingerprint density at radius 1 is 1.12 bits per heavy atom. The molecule has 8 heteroatoms. The van der Waals surface area contributed by atoms with Gasteiger partial charge in [0.1, 0.15) is 11.7 Å². The standard InChI is InChI=1S/C18H18FN3O3S/c1-22-12-2-3-17(22)21-26(24,25)16-10-8-15(9-11-16)20-18(23)13-4-6-14(19)7-5-13/h4-11H,2-3,12H2,1H3,(H,20,23)/b21-17-. The molecular formula is C18H18FN3O3S. The number of carbonyl (C=O) groups excluding carboxylic acids is 1. The summed E-state index contributed by atoms with van der Waals surface area (Å²) in [6.07, 6.45) is 1.53. The third-order valence-electron chi connectivity index (χ3n) is 4.08. The average molecular weight is 375 g/mol. The largest absolute Gasteiger partial charge is 0.362 e. The van der Waals surface area contributed by atoms with Crippen LogP contribution < -0.4 is 5.32 Å². The molecule has 2 aromatic carbocycles. The van der Waals surface area contributed by atoms with Crippen molar-refractivity contribution in [3.05, 3.63) is 59.9 Å². The summed E-state index contributed by atoms with van der Waals surface area (Å²) < 4.78 is 41.6. The number of sulfonamides is 1. The number of likely N-dealkylation sites (tertiary alicyclic amines) is 1. The molecule has 0 aliphatic carbocycles. The van der Waals surface area contributed by atoms with Gasteiger partial charge in [0.2, 0.25) is 0 Å². The first-order valence-electron chi connectivity index (χ1n) is 8.07. The zero-order valence-electron chi connectivity index (χ0n) is 14.1. The molecule has 0 radical (unpaired) electrons. The van der Waals surface area contributed by atoms with Crippen molar-refractivity contribution < 1.29 is 17.6 Å². The molecule has 1 saturated heterocycles. The summed E-state index contributed by atoms with van der Waals surface area (Å²) in [4.78, 5) is 14.0. The molecule has 0 atom stereocenters. The van der Waals surface area contributed by atoms with Gasteiger partial charge in [0.25, 0.3) is 15.9 Å². The molecule has 6 nitrogen and oxygen atoms in total. The van der Waals surface area contributed by atoms with Gasteiger partial charge in [-0.25, -0.2) is 4.39 Å². The molecule has 136 valence electrons. The maximum absolute atomic E-state index is 12.9. The molecule has 0 saturated carbocycles. The Morgan fingerprint density at radius 3 is 2.35 bits per heavy atom. The van der Waals surface area contributed by atoms with Gasteiger partial charge >= 0.3 is 0 Å². The van der Waals surface area contributed by atoms with Crippen LogP contribution in [0.2, 0.25) is 0 Å². The highest BCUT2D eigenvalue weighted by Crippen LogP contribution is 2.19. The number of nitrogens with zero attached hydrogens (tertiary/aromatic N) is 2. The Morgan fingerprint density at radius 2 is 1.77 bits per heavy atom. The van der Waals surface area contributed by atoms with Gasteiger partial charge < -0.3 is 10.2 Å². The summed E-state index contributed by atoms with van der Waals surface area (Å²) in [6, 6.07) is 10.9. The minimum atomic E-state index is -3.79. The van der Waals surface area contributed by atoms with Gasteiger partial charge in [-0.1, -0.05) is 0 Å². The van der Waals surface area contributed by atoms with Crippen LogP contribution in [0.1, 0.15) is 23.2 Å². The first-order chi connectivity index (χ1) is 12.3. The van der Waals surface area contributed by atoms with E-state index in [4.69, 9.17) is 0 Å². The number of benzene rings is 2. The number of amidine groups is 1. The lowest BCUT2D eigenvalue weighted by molar-refractivity contribution is 0.102. The molecule has 1 aliphatic heterocycles. The van der Waals surface area contributed by atoms with E-state index in [-0.39, 0.29) is 4.90 Å². The van der Waals surface area contributed by atoms with E-state index in [0.717, 1.165) is 13.0 Å². The summed E-state index contributed by atoms with van der Waals surface area (Å²) in [5.74, 6) is -0.280. The number of anilines is 1. The highest BCUT2D eigenvalue weighted by molar-refractivity contribution is 7.90. The Bertz CT molecular complexity index is 939. The Balaban J connectivity index is 1.74. The number of rotatable bonds is 4. The van der Waals surface area contributed by atoms with Crippen molar-refractivity contribution in [2.24, 2.45) is 4.40 Å². The van der Waals surface area contributed by atoms with E-state index in [1.165, 1.54) is 48.5 Å². The number of hydrogen-bond acceptors (Lipinski definition) is 3. The van der Waals surface area contributed by atoms with Crippen LogP contribution in [0.5, 0.6) is 0 Å². The van der Waals surface area contributed by atoms with E-state index in [0.29, 0.717) is 23.5 Å². The SMILES string of the molecule is CN1CCC/C1=N/S(=O)(=O)c1ccc(NC(=O)c2ccc(F)cc2)cc1. The topological polar surface area (TPSA) is 78.8 Å².